The van der Waals surface area contributed by atoms with E-state index in [9.17, 15) is 14.4 Å². The molecule has 1 aliphatic heterocycles. The van der Waals surface area contributed by atoms with Crippen LogP contribution < -0.4 is 5.32 Å². The van der Waals surface area contributed by atoms with Crippen LogP contribution in [0.15, 0.2) is 48.5 Å². The van der Waals surface area contributed by atoms with Crippen molar-refractivity contribution in [3.63, 3.8) is 0 Å². The maximum absolute atomic E-state index is 12.5. The van der Waals surface area contributed by atoms with Crippen molar-refractivity contribution >= 4 is 23.5 Å². The van der Waals surface area contributed by atoms with Crippen molar-refractivity contribution in [1.29, 1.82) is 0 Å². The molecule has 3 rings (SSSR count). The van der Waals surface area contributed by atoms with Crippen molar-refractivity contribution in [3.05, 3.63) is 65.2 Å². The van der Waals surface area contributed by atoms with E-state index in [4.69, 9.17) is 0 Å². The predicted octanol–water partition coefficient (Wildman–Crippen LogP) is 2.96. The molecule has 0 aliphatic carbocycles. The number of methoxy groups -OCH3 is 1. The molecular weight excluding hydrogens is 332 g/mol. The number of hydrogen-bond acceptors (Lipinski definition) is 4. The van der Waals surface area contributed by atoms with Crippen LogP contribution in [0, 0.1) is 0 Å². The Balaban J connectivity index is 1.70. The molecule has 0 bridgehead atoms. The van der Waals surface area contributed by atoms with E-state index in [1.54, 1.807) is 48.5 Å². The highest BCUT2D eigenvalue weighted by Crippen LogP contribution is 2.16. The van der Waals surface area contributed by atoms with Gasteiger partial charge < -0.3 is 15.0 Å². The minimum Gasteiger partial charge on any atom is -0.465 e. The summed E-state index contributed by atoms with van der Waals surface area (Å²) in [6.07, 6.45) is 2.04. The van der Waals surface area contributed by atoms with Gasteiger partial charge in [-0.25, -0.2) is 4.79 Å². The molecule has 0 spiro atoms. The summed E-state index contributed by atoms with van der Waals surface area (Å²) < 4.78 is 4.64. The number of nitrogens with one attached hydrogen (secondary N) is 1. The summed E-state index contributed by atoms with van der Waals surface area (Å²) in [4.78, 5) is 38.2. The Labute approximate surface area is 151 Å². The van der Waals surface area contributed by atoms with E-state index >= 15 is 0 Å². The number of anilines is 1. The molecule has 0 aromatic heterocycles. The second-order valence-corrected chi connectivity index (χ2v) is 6.10. The lowest BCUT2D eigenvalue weighted by Crippen LogP contribution is -2.27. The Morgan fingerprint density at radius 2 is 1.58 bits per heavy atom. The summed E-state index contributed by atoms with van der Waals surface area (Å²) in [5.74, 6) is -0.789. The van der Waals surface area contributed by atoms with Gasteiger partial charge >= 0.3 is 5.97 Å². The molecular formula is C20H20N2O4. The Hall–Kier alpha value is -3.15. The molecule has 26 heavy (non-hydrogen) atoms. The fraction of sp³-hybridized carbons (Fsp3) is 0.250. The minimum absolute atomic E-state index is 0.0421. The number of ether oxygens (including phenoxy) is 1. The first-order chi connectivity index (χ1) is 12.6. The molecule has 1 aliphatic rings. The number of esters is 1. The molecule has 0 saturated carbocycles. The number of likely N-dealkylation sites (tertiary alicyclic amines) is 1. The standard InChI is InChI=1S/C20H20N2O4/c1-26-20(25)14-7-9-17(10-8-14)21-18(23)15-5-4-6-16(13-15)19(24)22-11-2-3-12-22/h4-10,13H,2-3,11-12H2,1H3,(H,21,23). The summed E-state index contributed by atoms with van der Waals surface area (Å²) in [5.41, 5.74) is 1.88. The summed E-state index contributed by atoms with van der Waals surface area (Å²) in [6, 6.07) is 13.1. The van der Waals surface area contributed by atoms with Crippen LogP contribution in [0.4, 0.5) is 5.69 Å². The van der Waals surface area contributed by atoms with Gasteiger partial charge in [-0.05, 0) is 55.3 Å². The Kier molecular flexibility index (Phi) is 5.31. The number of benzene rings is 2. The topological polar surface area (TPSA) is 75.7 Å². The molecule has 6 nitrogen and oxygen atoms in total. The first kappa shape index (κ1) is 17.7. The molecule has 0 unspecified atom stereocenters. The number of carbonyl (C=O) groups excluding carboxylic acids is 3. The van der Waals surface area contributed by atoms with Crippen molar-refractivity contribution in [3.8, 4) is 0 Å². The van der Waals surface area contributed by atoms with Gasteiger partial charge in [0.05, 0.1) is 12.7 Å². The van der Waals surface area contributed by atoms with Crippen LogP contribution >= 0.6 is 0 Å². The molecule has 2 aromatic carbocycles. The SMILES string of the molecule is COC(=O)c1ccc(NC(=O)c2cccc(C(=O)N3CCCC3)c2)cc1. The quantitative estimate of drug-likeness (QED) is 0.859. The minimum atomic E-state index is -0.434. The van der Waals surface area contributed by atoms with Crippen molar-refractivity contribution in [2.75, 3.05) is 25.5 Å². The second kappa shape index (κ2) is 7.82. The van der Waals surface area contributed by atoms with Gasteiger partial charge in [-0.15, -0.1) is 0 Å². The smallest absolute Gasteiger partial charge is 0.337 e. The summed E-state index contributed by atoms with van der Waals surface area (Å²) >= 11 is 0. The third-order valence-electron chi connectivity index (χ3n) is 4.33. The van der Waals surface area contributed by atoms with Gasteiger partial charge in [0.1, 0.15) is 0 Å². The number of hydrogen-bond donors (Lipinski definition) is 1. The van der Waals surface area contributed by atoms with Crippen LogP contribution in [0.3, 0.4) is 0 Å². The predicted molar refractivity (Wildman–Crippen MR) is 97.3 cm³/mol. The van der Waals surface area contributed by atoms with Crippen LogP contribution in [0.2, 0.25) is 0 Å². The number of rotatable bonds is 4. The normalized spacial score (nSPS) is 13.3. The molecule has 2 aromatic rings. The zero-order valence-corrected chi connectivity index (χ0v) is 14.5. The summed E-state index contributed by atoms with van der Waals surface area (Å²) in [6.45, 7) is 1.53. The van der Waals surface area contributed by atoms with Crippen molar-refractivity contribution < 1.29 is 19.1 Å². The van der Waals surface area contributed by atoms with Crippen molar-refractivity contribution in [2.45, 2.75) is 12.8 Å². The van der Waals surface area contributed by atoms with Gasteiger partial charge in [-0.3, -0.25) is 9.59 Å². The lowest BCUT2D eigenvalue weighted by molar-refractivity contribution is 0.0600. The van der Waals surface area contributed by atoms with E-state index in [0.717, 1.165) is 25.9 Å². The Morgan fingerprint density at radius 3 is 2.23 bits per heavy atom. The molecule has 2 amide bonds. The van der Waals surface area contributed by atoms with Crippen LogP contribution in [0.1, 0.15) is 43.9 Å². The molecule has 1 fully saturated rings. The third kappa shape index (κ3) is 3.91. The Morgan fingerprint density at radius 1 is 0.923 bits per heavy atom. The molecule has 1 N–H and O–H groups in total. The molecule has 0 atom stereocenters. The van der Waals surface area contributed by atoms with Gasteiger partial charge in [0.15, 0.2) is 0 Å². The van der Waals surface area contributed by atoms with E-state index in [1.165, 1.54) is 7.11 Å². The fourth-order valence-corrected chi connectivity index (χ4v) is 2.91. The first-order valence-electron chi connectivity index (χ1n) is 8.47. The van der Waals surface area contributed by atoms with Gasteiger partial charge in [-0.2, -0.15) is 0 Å². The average Bonchev–Trinajstić information content (AvgIpc) is 3.22. The van der Waals surface area contributed by atoms with Crippen LogP contribution in [0.25, 0.3) is 0 Å². The summed E-state index contributed by atoms with van der Waals surface area (Å²) in [7, 11) is 1.31. The molecule has 6 heteroatoms. The van der Waals surface area contributed by atoms with Gasteiger partial charge in [-0.1, -0.05) is 6.07 Å². The number of carbonyl (C=O) groups is 3. The monoisotopic (exact) mass is 352 g/mol. The summed E-state index contributed by atoms with van der Waals surface area (Å²) in [5, 5.41) is 2.76. The van der Waals surface area contributed by atoms with Crippen LogP contribution in [-0.2, 0) is 4.74 Å². The van der Waals surface area contributed by atoms with Gasteiger partial charge in [0, 0.05) is 29.9 Å². The number of nitrogens with zero attached hydrogens (tertiary/aromatic N) is 1. The maximum atomic E-state index is 12.5. The molecule has 134 valence electrons. The van der Waals surface area contributed by atoms with Crippen molar-refractivity contribution in [1.82, 2.24) is 4.90 Å². The zero-order chi connectivity index (χ0) is 18.5. The lowest BCUT2D eigenvalue weighted by Gasteiger charge is -2.15. The largest absolute Gasteiger partial charge is 0.465 e. The van der Waals surface area contributed by atoms with E-state index < -0.39 is 5.97 Å². The fourth-order valence-electron chi connectivity index (χ4n) is 2.91. The highest BCUT2D eigenvalue weighted by Gasteiger charge is 2.20. The van der Waals surface area contributed by atoms with E-state index in [-0.39, 0.29) is 11.8 Å². The van der Waals surface area contributed by atoms with E-state index in [0.29, 0.717) is 22.4 Å². The molecule has 1 heterocycles. The lowest BCUT2D eigenvalue weighted by atomic mass is 10.1. The molecule has 1 saturated heterocycles. The Bertz CT molecular complexity index is 824. The van der Waals surface area contributed by atoms with Crippen LogP contribution in [-0.4, -0.2) is 42.9 Å². The third-order valence-corrected chi connectivity index (χ3v) is 4.33. The highest BCUT2D eigenvalue weighted by atomic mass is 16.5. The van der Waals surface area contributed by atoms with E-state index in [2.05, 4.69) is 10.1 Å². The van der Waals surface area contributed by atoms with Gasteiger partial charge in [0.2, 0.25) is 0 Å². The first-order valence-corrected chi connectivity index (χ1v) is 8.47. The van der Waals surface area contributed by atoms with Gasteiger partial charge in [0.25, 0.3) is 11.8 Å². The maximum Gasteiger partial charge on any atom is 0.337 e. The average molecular weight is 352 g/mol. The van der Waals surface area contributed by atoms with Crippen LogP contribution in [0.5, 0.6) is 0 Å². The number of amides is 2. The van der Waals surface area contributed by atoms with E-state index in [1.807, 2.05) is 4.90 Å². The second-order valence-electron chi connectivity index (χ2n) is 6.10. The zero-order valence-electron chi connectivity index (χ0n) is 14.5. The van der Waals surface area contributed by atoms with Crippen molar-refractivity contribution in [2.24, 2.45) is 0 Å². The molecule has 0 radical (unpaired) electrons. The highest BCUT2D eigenvalue weighted by molar-refractivity contribution is 6.06.